The Morgan fingerprint density at radius 3 is 2.84 bits per heavy atom. The molecule has 2 heterocycles. The van der Waals surface area contributed by atoms with Crippen molar-refractivity contribution in [1.82, 2.24) is 9.47 Å². The predicted octanol–water partition coefficient (Wildman–Crippen LogP) is 5.44. The molecule has 1 aliphatic rings. The second kappa shape index (κ2) is 6.32. The van der Waals surface area contributed by atoms with Gasteiger partial charge >= 0.3 is 0 Å². The average molecular weight is 355 g/mol. The number of allylic oxidation sites excluding steroid dienone is 1. The number of aromatic nitrogens is 1. The summed E-state index contributed by atoms with van der Waals surface area (Å²) in [5.74, 6) is -0.210. The van der Waals surface area contributed by atoms with E-state index in [0.29, 0.717) is 0 Å². The molecule has 0 unspecified atom stereocenters. The summed E-state index contributed by atoms with van der Waals surface area (Å²) in [6, 6.07) is 12.8. The minimum atomic E-state index is -0.210. The molecule has 4 heteroatoms. The van der Waals surface area contributed by atoms with Crippen LogP contribution in [0.2, 0.25) is 5.02 Å². The van der Waals surface area contributed by atoms with Gasteiger partial charge in [-0.25, -0.2) is 4.39 Å². The van der Waals surface area contributed by atoms with Crippen molar-refractivity contribution < 1.29 is 4.39 Å². The van der Waals surface area contributed by atoms with Gasteiger partial charge in [-0.05, 0) is 61.0 Å². The van der Waals surface area contributed by atoms with Crippen LogP contribution < -0.4 is 0 Å². The number of fused-ring (bicyclic) bond motifs is 3. The van der Waals surface area contributed by atoms with Crippen LogP contribution in [0.4, 0.5) is 4.39 Å². The van der Waals surface area contributed by atoms with E-state index in [1.807, 2.05) is 19.1 Å². The van der Waals surface area contributed by atoms with E-state index >= 15 is 0 Å². The number of likely N-dealkylation sites (N-methyl/N-ethyl adjacent to an activating group) is 1. The lowest BCUT2D eigenvalue weighted by molar-refractivity contribution is 0.312. The molecule has 1 aromatic heterocycles. The highest BCUT2D eigenvalue weighted by molar-refractivity contribution is 6.31. The highest BCUT2D eigenvalue weighted by Gasteiger charge is 2.22. The van der Waals surface area contributed by atoms with Crippen LogP contribution in [-0.2, 0) is 13.0 Å². The quantitative estimate of drug-likeness (QED) is 0.595. The van der Waals surface area contributed by atoms with E-state index in [1.54, 1.807) is 12.1 Å². The third-order valence-electron chi connectivity index (χ3n) is 4.94. The monoisotopic (exact) mass is 354 g/mol. The summed E-state index contributed by atoms with van der Waals surface area (Å²) in [4.78, 5) is 2.33. The summed E-state index contributed by atoms with van der Waals surface area (Å²) in [6.45, 7) is 3.98. The molecule has 0 atom stereocenters. The van der Waals surface area contributed by atoms with E-state index in [-0.39, 0.29) is 5.82 Å². The first-order valence-electron chi connectivity index (χ1n) is 8.47. The number of hydrogen-bond donors (Lipinski definition) is 0. The van der Waals surface area contributed by atoms with Crippen molar-refractivity contribution in [3.8, 4) is 0 Å². The van der Waals surface area contributed by atoms with Gasteiger partial charge in [0.15, 0.2) is 0 Å². The first-order valence-corrected chi connectivity index (χ1v) is 8.85. The molecule has 0 aliphatic carbocycles. The Morgan fingerprint density at radius 2 is 2.04 bits per heavy atom. The fourth-order valence-electron chi connectivity index (χ4n) is 3.65. The van der Waals surface area contributed by atoms with Gasteiger partial charge in [0.25, 0.3) is 0 Å². The summed E-state index contributed by atoms with van der Waals surface area (Å²) in [7, 11) is 2.14. The molecular formula is C21H20ClFN2. The van der Waals surface area contributed by atoms with E-state index in [0.717, 1.165) is 41.2 Å². The number of hydrogen-bond acceptors (Lipinski definition) is 1. The van der Waals surface area contributed by atoms with Crippen molar-refractivity contribution in [2.45, 2.75) is 19.9 Å². The summed E-state index contributed by atoms with van der Waals surface area (Å²) in [5, 5.41) is 1.96. The van der Waals surface area contributed by atoms with Gasteiger partial charge in [-0.3, -0.25) is 0 Å². The molecule has 0 radical (unpaired) electrons. The fraction of sp³-hybridized carbons (Fsp3) is 0.238. The summed E-state index contributed by atoms with van der Waals surface area (Å²) >= 11 is 6.25. The van der Waals surface area contributed by atoms with Crippen LogP contribution in [-0.4, -0.2) is 23.1 Å². The minimum Gasteiger partial charge on any atom is -0.320 e. The highest BCUT2D eigenvalue weighted by Crippen LogP contribution is 2.33. The third-order valence-corrected chi connectivity index (χ3v) is 5.18. The van der Waals surface area contributed by atoms with E-state index < -0.39 is 0 Å². The molecular weight excluding hydrogens is 335 g/mol. The predicted molar refractivity (Wildman–Crippen MR) is 103 cm³/mol. The van der Waals surface area contributed by atoms with Crippen LogP contribution in [0.25, 0.3) is 22.7 Å². The van der Waals surface area contributed by atoms with Crippen molar-refractivity contribution in [3.05, 3.63) is 70.1 Å². The van der Waals surface area contributed by atoms with Crippen molar-refractivity contribution >= 4 is 34.3 Å². The van der Waals surface area contributed by atoms with Gasteiger partial charge in [0.1, 0.15) is 5.82 Å². The highest BCUT2D eigenvalue weighted by atomic mass is 35.5. The third kappa shape index (κ3) is 2.99. The Hall–Kier alpha value is -2.10. The Labute approximate surface area is 152 Å². The molecule has 0 fully saturated rings. The minimum absolute atomic E-state index is 0.210. The standard InChI is InChI=1S/C21H20ClFN2/c1-14(15-4-3-5-17(23)10-15)12-25-20-7-6-16(22)11-18(20)19-13-24(2)9-8-21(19)25/h3-7,10-12H,8-9,13H2,1-2H3/b14-12-. The van der Waals surface area contributed by atoms with Gasteiger partial charge in [0, 0.05) is 41.8 Å². The van der Waals surface area contributed by atoms with Gasteiger partial charge in [0.05, 0.1) is 5.52 Å². The Balaban J connectivity index is 1.91. The molecule has 128 valence electrons. The zero-order chi connectivity index (χ0) is 17.6. The largest absolute Gasteiger partial charge is 0.320 e. The van der Waals surface area contributed by atoms with Crippen LogP contribution in [0, 0.1) is 5.82 Å². The lowest BCUT2D eigenvalue weighted by Crippen LogP contribution is -2.26. The molecule has 0 spiro atoms. The molecule has 1 aliphatic heterocycles. The van der Waals surface area contributed by atoms with Crippen LogP contribution in [0.1, 0.15) is 23.7 Å². The molecule has 0 saturated carbocycles. The molecule has 3 aromatic rings. The van der Waals surface area contributed by atoms with E-state index in [2.05, 4.69) is 34.8 Å². The van der Waals surface area contributed by atoms with E-state index in [9.17, 15) is 4.39 Å². The number of benzene rings is 2. The number of nitrogens with zero attached hydrogens (tertiary/aromatic N) is 2. The van der Waals surface area contributed by atoms with Gasteiger partial charge < -0.3 is 9.47 Å². The van der Waals surface area contributed by atoms with Gasteiger partial charge in [0.2, 0.25) is 0 Å². The van der Waals surface area contributed by atoms with Crippen LogP contribution in [0.3, 0.4) is 0 Å². The second-order valence-electron chi connectivity index (χ2n) is 6.77. The van der Waals surface area contributed by atoms with Crippen LogP contribution in [0.15, 0.2) is 42.5 Å². The topological polar surface area (TPSA) is 8.17 Å². The second-order valence-corrected chi connectivity index (χ2v) is 7.20. The maximum atomic E-state index is 13.6. The van der Waals surface area contributed by atoms with Gasteiger partial charge in [-0.15, -0.1) is 0 Å². The number of halogens is 2. The maximum absolute atomic E-state index is 13.6. The SMILES string of the molecule is C/C(=C/n1c2c(c3cc(Cl)ccc31)CN(C)CC2)c1cccc(F)c1. The van der Waals surface area contributed by atoms with Crippen molar-refractivity contribution in [2.24, 2.45) is 0 Å². The average Bonchev–Trinajstić information content (AvgIpc) is 2.87. The fourth-order valence-corrected chi connectivity index (χ4v) is 3.82. The van der Waals surface area contributed by atoms with E-state index in [4.69, 9.17) is 11.6 Å². The van der Waals surface area contributed by atoms with Crippen molar-refractivity contribution in [2.75, 3.05) is 13.6 Å². The Bertz CT molecular complexity index is 987. The van der Waals surface area contributed by atoms with Crippen LogP contribution >= 0.6 is 11.6 Å². The smallest absolute Gasteiger partial charge is 0.123 e. The maximum Gasteiger partial charge on any atom is 0.123 e. The zero-order valence-corrected chi connectivity index (χ0v) is 15.1. The molecule has 0 N–H and O–H groups in total. The molecule has 0 amide bonds. The van der Waals surface area contributed by atoms with Crippen LogP contribution in [0.5, 0.6) is 0 Å². The first kappa shape index (κ1) is 16.4. The lowest BCUT2D eigenvalue weighted by Gasteiger charge is -2.23. The molecule has 0 bridgehead atoms. The van der Waals surface area contributed by atoms with Crippen molar-refractivity contribution in [3.63, 3.8) is 0 Å². The molecule has 0 saturated heterocycles. The van der Waals surface area contributed by atoms with Gasteiger partial charge in [-0.2, -0.15) is 0 Å². The van der Waals surface area contributed by atoms with E-state index in [1.165, 1.54) is 22.7 Å². The number of rotatable bonds is 2. The van der Waals surface area contributed by atoms with Crippen molar-refractivity contribution in [1.29, 1.82) is 0 Å². The molecule has 25 heavy (non-hydrogen) atoms. The molecule has 4 rings (SSSR count). The Kier molecular flexibility index (Phi) is 4.14. The Morgan fingerprint density at radius 1 is 1.20 bits per heavy atom. The summed E-state index contributed by atoms with van der Waals surface area (Å²) < 4.78 is 15.8. The first-order chi connectivity index (χ1) is 12.0. The lowest BCUT2D eigenvalue weighted by atomic mass is 10.1. The summed E-state index contributed by atoms with van der Waals surface area (Å²) in [6.07, 6.45) is 3.11. The molecule has 2 aromatic carbocycles. The van der Waals surface area contributed by atoms with Gasteiger partial charge in [-0.1, -0.05) is 23.7 Å². The normalized spacial score (nSPS) is 15.6. The summed E-state index contributed by atoms with van der Waals surface area (Å²) in [5.41, 5.74) is 5.76. The zero-order valence-electron chi connectivity index (χ0n) is 14.4. The molecule has 2 nitrogen and oxygen atoms in total.